The Labute approximate surface area is 135 Å². The minimum absolute atomic E-state index is 0.548. The number of aromatic nitrogens is 3. The molecule has 0 atom stereocenters. The fourth-order valence-corrected chi connectivity index (χ4v) is 2.71. The van der Waals surface area contributed by atoms with Crippen molar-refractivity contribution in [3.63, 3.8) is 0 Å². The first-order valence-electron chi connectivity index (χ1n) is 7.98. The van der Waals surface area contributed by atoms with E-state index < -0.39 is 0 Å². The Morgan fingerprint density at radius 3 is 2.70 bits per heavy atom. The molecule has 1 fully saturated rings. The molecule has 3 aromatic rings. The van der Waals surface area contributed by atoms with Crippen LogP contribution in [-0.4, -0.2) is 14.8 Å². The normalized spacial score (nSPS) is 14.2. The Kier molecular flexibility index (Phi) is 3.41. The fraction of sp³-hybridized carbons (Fsp3) is 0.333. The van der Waals surface area contributed by atoms with Crippen LogP contribution in [0.4, 0.5) is 5.69 Å². The van der Waals surface area contributed by atoms with Crippen molar-refractivity contribution in [1.29, 1.82) is 0 Å². The third kappa shape index (κ3) is 2.99. The van der Waals surface area contributed by atoms with Gasteiger partial charge in [0.25, 0.3) is 0 Å². The summed E-state index contributed by atoms with van der Waals surface area (Å²) in [7, 11) is 1.94. The highest BCUT2D eigenvalue weighted by atomic mass is 16.4. The molecule has 0 aliphatic heterocycles. The van der Waals surface area contributed by atoms with Crippen molar-refractivity contribution in [1.82, 2.24) is 14.8 Å². The van der Waals surface area contributed by atoms with E-state index in [1.165, 1.54) is 18.4 Å². The number of anilines is 1. The van der Waals surface area contributed by atoms with Crippen LogP contribution in [0.25, 0.3) is 11.3 Å². The molecule has 23 heavy (non-hydrogen) atoms. The molecule has 2 aromatic heterocycles. The summed E-state index contributed by atoms with van der Waals surface area (Å²) in [6, 6.07) is 8.25. The maximum atomic E-state index is 5.84. The second kappa shape index (κ2) is 5.57. The van der Waals surface area contributed by atoms with Crippen molar-refractivity contribution >= 4 is 5.69 Å². The molecule has 118 valence electrons. The molecule has 2 heterocycles. The summed E-state index contributed by atoms with van der Waals surface area (Å²) in [5.74, 6) is 2.28. The highest BCUT2D eigenvalue weighted by molar-refractivity contribution is 5.60. The van der Waals surface area contributed by atoms with Crippen molar-refractivity contribution < 1.29 is 4.42 Å². The van der Waals surface area contributed by atoms with Crippen LogP contribution in [0.15, 0.2) is 41.1 Å². The Bertz CT molecular complexity index is 812. The second-order valence-corrected chi connectivity index (χ2v) is 6.20. The molecule has 1 N–H and O–H groups in total. The van der Waals surface area contributed by atoms with Gasteiger partial charge in [0.15, 0.2) is 11.7 Å². The number of nitrogens with one attached hydrogen (secondary N) is 1. The zero-order chi connectivity index (χ0) is 15.8. The summed E-state index contributed by atoms with van der Waals surface area (Å²) in [6.45, 7) is 2.80. The minimum Gasteiger partial charge on any atom is -0.440 e. The van der Waals surface area contributed by atoms with Gasteiger partial charge in [0, 0.05) is 30.4 Å². The molecule has 5 nitrogen and oxygen atoms in total. The Morgan fingerprint density at radius 2 is 2.04 bits per heavy atom. The highest BCUT2D eigenvalue weighted by Crippen LogP contribution is 2.40. The van der Waals surface area contributed by atoms with E-state index in [2.05, 4.69) is 46.6 Å². The van der Waals surface area contributed by atoms with Crippen molar-refractivity contribution in [3.05, 3.63) is 53.8 Å². The first kappa shape index (κ1) is 14.1. The van der Waals surface area contributed by atoms with Crippen molar-refractivity contribution in [2.24, 2.45) is 7.05 Å². The van der Waals surface area contributed by atoms with Crippen LogP contribution in [0.5, 0.6) is 0 Å². The summed E-state index contributed by atoms with van der Waals surface area (Å²) in [5, 5.41) is 7.85. The standard InChI is InChI=1S/C18H20N4O/c1-12-11-22(2)21-16(12)9-19-15-7-5-13(6-8-15)17-10-20-18(23-17)14-3-4-14/h5-8,10-11,14,19H,3-4,9H2,1-2H3. The van der Waals surface area contributed by atoms with Gasteiger partial charge < -0.3 is 9.73 Å². The van der Waals surface area contributed by atoms with Gasteiger partial charge in [-0.15, -0.1) is 0 Å². The predicted molar refractivity (Wildman–Crippen MR) is 89.2 cm³/mol. The SMILES string of the molecule is Cc1cn(C)nc1CNc1ccc(-c2cnc(C3CC3)o2)cc1. The number of hydrogen-bond acceptors (Lipinski definition) is 4. The minimum atomic E-state index is 0.548. The van der Waals surface area contributed by atoms with E-state index >= 15 is 0 Å². The molecule has 5 heteroatoms. The van der Waals surface area contributed by atoms with Gasteiger partial charge in [-0.05, 0) is 49.6 Å². The maximum absolute atomic E-state index is 5.84. The molecule has 1 aromatic carbocycles. The van der Waals surface area contributed by atoms with Crippen molar-refractivity contribution in [3.8, 4) is 11.3 Å². The summed E-state index contributed by atoms with van der Waals surface area (Å²) in [5.41, 5.74) is 4.40. The smallest absolute Gasteiger partial charge is 0.198 e. The Hall–Kier alpha value is -2.56. The molecular formula is C18H20N4O. The van der Waals surface area contributed by atoms with Gasteiger partial charge >= 0.3 is 0 Å². The predicted octanol–water partition coefficient (Wildman–Crippen LogP) is 3.87. The zero-order valence-corrected chi connectivity index (χ0v) is 13.4. The topological polar surface area (TPSA) is 55.9 Å². The largest absolute Gasteiger partial charge is 0.440 e. The van der Waals surface area contributed by atoms with Gasteiger partial charge in [-0.2, -0.15) is 5.10 Å². The molecule has 0 spiro atoms. The van der Waals surface area contributed by atoms with Crippen LogP contribution in [0, 0.1) is 6.92 Å². The average Bonchev–Trinajstić information content (AvgIpc) is 3.19. The summed E-state index contributed by atoms with van der Waals surface area (Å²) < 4.78 is 7.68. The molecule has 1 aliphatic rings. The quantitative estimate of drug-likeness (QED) is 0.777. The first-order valence-corrected chi connectivity index (χ1v) is 7.98. The van der Waals surface area contributed by atoms with Crippen LogP contribution >= 0.6 is 0 Å². The van der Waals surface area contributed by atoms with Crippen molar-refractivity contribution in [2.75, 3.05) is 5.32 Å². The number of oxazole rings is 1. The fourth-order valence-electron chi connectivity index (χ4n) is 2.71. The van der Waals surface area contributed by atoms with Crippen LogP contribution in [0.3, 0.4) is 0 Å². The number of nitrogens with zero attached hydrogens (tertiary/aromatic N) is 3. The maximum Gasteiger partial charge on any atom is 0.198 e. The van der Waals surface area contributed by atoms with E-state index in [0.717, 1.165) is 35.1 Å². The third-order valence-electron chi connectivity index (χ3n) is 4.19. The molecule has 0 bridgehead atoms. The van der Waals surface area contributed by atoms with Gasteiger partial charge in [-0.1, -0.05) is 0 Å². The average molecular weight is 308 g/mol. The lowest BCUT2D eigenvalue weighted by molar-refractivity contribution is 0.509. The van der Waals surface area contributed by atoms with Crippen LogP contribution in [0.1, 0.15) is 35.9 Å². The molecule has 0 unspecified atom stereocenters. The molecule has 4 rings (SSSR count). The van der Waals surface area contributed by atoms with E-state index in [4.69, 9.17) is 4.42 Å². The van der Waals surface area contributed by atoms with Crippen LogP contribution in [-0.2, 0) is 13.6 Å². The first-order chi connectivity index (χ1) is 11.2. The van der Waals surface area contributed by atoms with Gasteiger partial charge in [0.2, 0.25) is 0 Å². The number of aryl methyl sites for hydroxylation is 2. The van der Waals surface area contributed by atoms with Gasteiger partial charge in [0.05, 0.1) is 18.4 Å². The van der Waals surface area contributed by atoms with Gasteiger partial charge in [-0.3, -0.25) is 4.68 Å². The highest BCUT2D eigenvalue weighted by Gasteiger charge is 2.28. The molecular weight excluding hydrogens is 288 g/mol. The van der Waals surface area contributed by atoms with Crippen LogP contribution < -0.4 is 5.32 Å². The zero-order valence-electron chi connectivity index (χ0n) is 13.4. The second-order valence-electron chi connectivity index (χ2n) is 6.20. The van der Waals surface area contributed by atoms with E-state index in [1.54, 1.807) is 0 Å². The molecule has 0 amide bonds. The summed E-state index contributed by atoms with van der Waals surface area (Å²) in [4.78, 5) is 4.37. The summed E-state index contributed by atoms with van der Waals surface area (Å²) >= 11 is 0. The van der Waals surface area contributed by atoms with E-state index in [0.29, 0.717) is 5.92 Å². The van der Waals surface area contributed by atoms with E-state index in [-0.39, 0.29) is 0 Å². The summed E-state index contributed by atoms with van der Waals surface area (Å²) in [6.07, 6.45) is 6.26. The van der Waals surface area contributed by atoms with E-state index in [9.17, 15) is 0 Å². The molecule has 1 aliphatic carbocycles. The lowest BCUT2D eigenvalue weighted by Crippen LogP contribution is -2.02. The number of benzene rings is 1. The van der Waals surface area contributed by atoms with Crippen LogP contribution in [0.2, 0.25) is 0 Å². The Morgan fingerprint density at radius 1 is 1.26 bits per heavy atom. The van der Waals surface area contributed by atoms with E-state index in [1.807, 2.05) is 24.1 Å². The molecule has 1 saturated carbocycles. The number of hydrogen-bond donors (Lipinski definition) is 1. The lowest BCUT2D eigenvalue weighted by Gasteiger charge is -2.06. The monoisotopic (exact) mass is 308 g/mol. The lowest BCUT2D eigenvalue weighted by atomic mass is 10.1. The van der Waals surface area contributed by atoms with Gasteiger partial charge in [-0.25, -0.2) is 4.98 Å². The van der Waals surface area contributed by atoms with Crippen molar-refractivity contribution in [2.45, 2.75) is 32.2 Å². The third-order valence-corrected chi connectivity index (χ3v) is 4.19. The van der Waals surface area contributed by atoms with Gasteiger partial charge in [0.1, 0.15) is 0 Å². The molecule has 0 radical (unpaired) electrons. The Balaban J connectivity index is 1.43. The molecule has 0 saturated heterocycles. The number of rotatable bonds is 5.